The van der Waals surface area contributed by atoms with Crippen molar-refractivity contribution < 1.29 is 14.3 Å². The second-order valence-corrected chi connectivity index (χ2v) is 7.06. The van der Waals surface area contributed by atoms with E-state index in [1.807, 2.05) is 6.08 Å². The van der Waals surface area contributed by atoms with Gasteiger partial charge in [-0.15, -0.1) is 0 Å². The van der Waals surface area contributed by atoms with Crippen molar-refractivity contribution in [1.29, 1.82) is 0 Å². The van der Waals surface area contributed by atoms with Crippen LogP contribution in [0.2, 0.25) is 0 Å². The Bertz CT molecular complexity index is 1400. The zero-order chi connectivity index (χ0) is 21.4. The van der Waals surface area contributed by atoms with Gasteiger partial charge in [0.25, 0.3) is 5.91 Å². The van der Waals surface area contributed by atoms with Crippen molar-refractivity contribution in [3.05, 3.63) is 66.3 Å². The molecule has 0 saturated carbocycles. The van der Waals surface area contributed by atoms with Gasteiger partial charge in [0.1, 0.15) is 11.2 Å². The van der Waals surface area contributed by atoms with Crippen molar-refractivity contribution in [1.82, 2.24) is 19.4 Å². The number of fused-ring (bicyclic) bond motifs is 2. The first-order valence-corrected chi connectivity index (χ1v) is 9.68. The summed E-state index contributed by atoms with van der Waals surface area (Å²) in [6.45, 7) is 0. The maximum atomic E-state index is 12.8. The number of aromatic amines is 1. The van der Waals surface area contributed by atoms with Gasteiger partial charge in [0.05, 0.1) is 12.6 Å². The second kappa shape index (κ2) is 7.52. The molecular weight excluding hydrogens is 396 g/mol. The van der Waals surface area contributed by atoms with Crippen LogP contribution in [-0.4, -0.2) is 43.9 Å². The van der Waals surface area contributed by atoms with E-state index >= 15 is 0 Å². The van der Waals surface area contributed by atoms with Gasteiger partial charge in [-0.2, -0.15) is 0 Å². The minimum atomic E-state index is -0.427. The Kier molecular flexibility index (Phi) is 4.55. The summed E-state index contributed by atoms with van der Waals surface area (Å²) in [7, 11) is 1.55. The number of ether oxygens (including phenoxy) is 1. The molecule has 0 aliphatic carbocycles. The van der Waals surface area contributed by atoms with E-state index in [4.69, 9.17) is 4.74 Å². The summed E-state index contributed by atoms with van der Waals surface area (Å²) in [5, 5.41) is 2.72. The van der Waals surface area contributed by atoms with Crippen molar-refractivity contribution in [2.75, 3.05) is 12.4 Å². The number of para-hydroxylation sites is 1. The standard InChI is InChI=1S/C22H18N6O3/c1-31-18-8-4-10-28-12-16(24-20(18)28)21(30)27-22-25-15-7-2-6-14(19(15)26-22)17(29)11-13-5-3-9-23-13/h2-4,6-10,12H,5,11H2,1H3,(H2,25,26,27,30). The highest BCUT2D eigenvalue weighted by Gasteiger charge is 2.18. The largest absolute Gasteiger partial charge is 0.493 e. The van der Waals surface area contributed by atoms with E-state index in [0.717, 1.165) is 5.71 Å². The molecule has 9 nitrogen and oxygen atoms in total. The summed E-state index contributed by atoms with van der Waals surface area (Å²) in [4.78, 5) is 41.5. The fraction of sp³-hybridized carbons (Fsp3) is 0.136. The molecule has 1 amide bonds. The number of imidazole rings is 2. The lowest BCUT2D eigenvalue weighted by Gasteiger charge is -2.01. The molecule has 0 spiro atoms. The zero-order valence-electron chi connectivity index (χ0n) is 16.6. The third-order valence-electron chi connectivity index (χ3n) is 5.03. The highest BCUT2D eigenvalue weighted by molar-refractivity contribution is 6.15. The summed E-state index contributed by atoms with van der Waals surface area (Å²) in [6, 6.07) is 8.89. The van der Waals surface area contributed by atoms with E-state index in [0.29, 0.717) is 34.4 Å². The van der Waals surface area contributed by atoms with Gasteiger partial charge in [0.2, 0.25) is 5.95 Å². The number of nitrogens with one attached hydrogen (secondary N) is 2. The Hall–Kier alpha value is -4.27. The van der Waals surface area contributed by atoms with Gasteiger partial charge in [-0.1, -0.05) is 12.1 Å². The van der Waals surface area contributed by atoms with Gasteiger partial charge >= 0.3 is 0 Å². The van der Waals surface area contributed by atoms with E-state index in [1.165, 1.54) is 0 Å². The number of Topliss-reactive ketones (excluding diaryl/α,β-unsaturated/α-hetero) is 1. The Morgan fingerprint density at radius 3 is 2.94 bits per heavy atom. The predicted octanol–water partition coefficient (Wildman–Crippen LogP) is 3.40. The molecule has 0 unspecified atom stereocenters. The number of benzene rings is 1. The Morgan fingerprint density at radius 2 is 2.13 bits per heavy atom. The number of ketones is 1. The molecule has 0 fully saturated rings. The molecule has 1 aromatic carbocycles. The molecule has 0 saturated heterocycles. The molecule has 1 aliphatic heterocycles. The number of pyridine rings is 1. The minimum absolute atomic E-state index is 0.0649. The van der Waals surface area contributed by atoms with Crippen molar-refractivity contribution in [3.63, 3.8) is 0 Å². The summed E-state index contributed by atoms with van der Waals surface area (Å²) in [5.74, 6) is 0.314. The summed E-state index contributed by atoms with van der Waals surface area (Å²) < 4.78 is 7.00. The molecule has 9 heteroatoms. The normalized spacial score (nSPS) is 13.0. The third-order valence-corrected chi connectivity index (χ3v) is 5.03. The van der Waals surface area contributed by atoms with E-state index < -0.39 is 5.91 Å². The maximum absolute atomic E-state index is 12.8. The van der Waals surface area contributed by atoms with Crippen LogP contribution in [0.3, 0.4) is 0 Å². The quantitative estimate of drug-likeness (QED) is 0.470. The summed E-state index contributed by atoms with van der Waals surface area (Å²) in [6.07, 6.45) is 7.95. The van der Waals surface area contributed by atoms with Crippen LogP contribution in [0.1, 0.15) is 33.7 Å². The first-order chi connectivity index (χ1) is 15.1. The van der Waals surface area contributed by atoms with Crippen molar-refractivity contribution >= 4 is 40.0 Å². The number of amides is 1. The van der Waals surface area contributed by atoms with Crippen LogP contribution in [0.15, 0.2) is 60.0 Å². The van der Waals surface area contributed by atoms with Crippen LogP contribution in [0.5, 0.6) is 5.75 Å². The van der Waals surface area contributed by atoms with Crippen LogP contribution in [0.25, 0.3) is 16.7 Å². The van der Waals surface area contributed by atoms with Crippen LogP contribution in [0, 0.1) is 0 Å². The van der Waals surface area contributed by atoms with Crippen LogP contribution in [-0.2, 0) is 0 Å². The van der Waals surface area contributed by atoms with E-state index in [-0.39, 0.29) is 23.8 Å². The minimum Gasteiger partial charge on any atom is -0.493 e. The number of rotatable bonds is 6. The number of aromatic nitrogens is 4. The second-order valence-electron chi connectivity index (χ2n) is 7.06. The van der Waals surface area contributed by atoms with Crippen molar-refractivity contribution in [3.8, 4) is 5.75 Å². The van der Waals surface area contributed by atoms with Gasteiger partial charge in [-0.3, -0.25) is 19.9 Å². The monoisotopic (exact) mass is 414 g/mol. The van der Waals surface area contributed by atoms with Crippen LogP contribution >= 0.6 is 0 Å². The molecule has 4 aromatic rings. The fourth-order valence-corrected chi connectivity index (χ4v) is 3.54. The fourth-order valence-electron chi connectivity index (χ4n) is 3.54. The zero-order valence-corrected chi connectivity index (χ0v) is 16.6. The van der Waals surface area contributed by atoms with Crippen molar-refractivity contribution in [2.45, 2.75) is 12.8 Å². The van der Waals surface area contributed by atoms with Gasteiger partial charge < -0.3 is 14.1 Å². The first kappa shape index (κ1) is 18.7. The highest BCUT2D eigenvalue weighted by atomic mass is 16.5. The highest BCUT2D eigenvalue weighted by Crippen LogP contribution is 2.22. The molecule has 2 N–H and O–H groups in total. The lowest BCUT2D eigenvalue weighted by molar-refractivity contribution is 0.0998. The van der Waals surface area contributed by atoms with Crippen molar-refractivity contribution in [2.24, 2.45) is 4.99 Å². The Morgan fingerprint density at radius 1 is 1.23 bits per heavy atom. The maximum Gasteiger partial charge on any atom is 0.278 e. The number of aliphatic imine (C=N–C) groups is 1. The molecule has 5 rings (SSSR count). The first-order valence-electron chi connectivity index (χ1n) is 9.68. The number of hydrogen-bond donors (Lipinski definition) is 2. The van der Waals surface area contributed by atoms with Gasteiger partial charge in [-0.25, -0.2) is 9.97 Å². The number of H-pyrrole nitrogens is 1. The summed E-state index contributed by atoms with van der Waals surface area (Å²) >= 11 is 0. The molecule has 4 heterocycles. The van der Waals surface area contributed by atoms with E-state index in [1.54, 1.807) is 60.4 Å². The molecule has 3 aromatic heterocycles. The molecular formula is C22H18N6O3. The number of carbonyl (C=O) groups excluding carboxylic acids is 2. The van der Waals surface area contributed by atoms with Gasteiger partial charge in [0.15, 0.2) is 17.2 Å². The average Bonchev–Trinajstić information content (AvgIpc) is 3.51. The molecule has 1 aliphatic rings. The predicted molar refractivity (Wildman–Crippen MR) is 116 cm³/mol. The Balaban J connectivity index is 1.41. The van der Waals surface area contributed by atoms with Gasteiger partial charge in [-0.05, 0) is 24.3 Å². The number of methoxy groups -OCH3 is 1. The average molecular weight is 414 g/mol. The topological polar surface area (TPSA) is 114 Å². The molecule has 0 atom stereocenters. The third kappa shape index (κ3) is 3.46. The van der Waals surface area contributed by atoms with Crippen LogP contribution < -0.4 is 10.1 Å². The number of anilines is 1. The van der Waals surface area contributed by atoms with E-state index in [2.05, 4.69) is 25.3 Å². The number of allylic oxidation sites excluding steroid dienone is 1. The van der Waals surface area contributed by atoms with Gasteiger partial charge in [0, 0.05) is 42.7 Å². The number of hydrogen-bond acceptors (Lipinski definition) is 6. The number of nitrogens with zero attached hydrogens (tertiary/aromatic N) is 4. The molecule has 0 radical (unpaired) electrons. The SMILES string of the molecule is COc1cccn2cc(C(=O)Nc3nc4c(C(=O)CC5=NC=CC5)cccc4[nH]3)nc12. The number of carbonyl (C=O) groups is 2. The summed E-state index contributed by atoms with van der Waals surface area (Å²) in [5.41, 5.74) is 3.23. The lowest BCUT2D eigenvalue weighted by atomic mass is 10.0. The van der Waals surface area contributed by atoms with Crippen LogP contribution in [0.4, 0.5) is 5.95 Å². The smallest absolute Gasteiger partial charge is 0.278 e. The Labute approximate surface area is 176 Å². The molecule has 0 bridgehead atoms. The van der Waals surface area contributed by atoms with E-state index in [9.17, 15) is 9.59 Å². The molecule has 31 heavy (non-hydrogen) atoms. The molecule has 154 valence electrons. The lowest BCUT2D eigenvalue weighted by Crippen LogP contribution is -2.13.